The Bertz CT molecular complexity index is 1060. The van der Waals surface area contributed by atoms with Crippen LogP contribution in [-0.4, -0.2) is 65.5 Å². The summed E-state index contributed by atoms with van der Waals surface area (Å²) in [6.07, 6.45) is 4.89. The van der Waals surface area contributed by atoms with E-state index >= 15 is 0 Å². The lowest BCUT2D eigenvalue weighted by molar-refractivity contribution is -0.118. The molecule has 2 aromatic rings. The zero-order chi connectivity index (χ0) is 25.8. The number of piperazine rings is 1. The largest absolute Gasteiger partial charge is 0.353 e. The van der Waals surface area contributed by atoms with Crippen LogP contribution in [0.2, 0.25) is 10.0 Å². The van der Waals surface area contributed by atoms with Crippen molar-refractivity contribution in [3.63, 3.8) is 0 Å². The van der Waals surface area contributed by atoms with E-state index in [2.05, 4.69) is 31.9 Å². The number of nitrogens with zero attached hydrogens (tertiary/aromatic N) is 4. The maximum Gasteiger partial charge on any atom is 0.226 e. The fourth-order valence-corrected chi connectivity index (χ4v) is 5.67. The molecule has 2 aliphatic heterocycles. The number of rotatable bonds is 7. The minimum atomic E-state index is -0.227. The van der Waals surface area contributed by atoms with Crippen LogP contribution < -0.4 is 10.2 Å². The average Bonchev–Trinajstić information content (AvgIpc) is 2.86. The molecule has 0 radical (unpaired) electrons. The number of amides is 1. The van der Waals surface area contributed by atoms with Gasteiger partial charge >= 0.3 is 0 Å². The van der Waals surface area contributed by atoms with Crippen molar-refractivity contribution in [2.24, 2.45) is 5.92 Å². The van der Waals surface area contributed by atoms with Gasteiger partial charge in [0.05, 0.1) is 16.9 Å². The Kier molecular flexibility index (Phi) is 9.10. The number of carbonyl (C=O) groups excluding carboxylic acids is 1. The molecule has 3 heterocycles. The maximum atomic E-state index is 14.2. The Morgan fingerprint density at radius 2 is 1.92 bits per heavy atom. The van der Waals surface area contributed by atoms with Crippen LogP contribution in [0.15, 0.2) is 30.5 Å². The van der Waals surface area contributed by atoms with E-state index in [-0.39, 0.29) is 17.6 Å². The van der Waals surface area contributed by atoms with Gasteiger partial charge in [0.1, 0.15) is 11.6 Å². The molecule has 1 aromatic heterocycles. The predicted octanol–water partition coefficient (Wildman–Crippen LogP) is 5.69. The molecule has 36 heavy (non-hydrogen) atoms. The third kappa shape index (κ3) is 6.49. The molecule has 9 heteroatoms. The number of carbonyl (C=O) groups is 1. The van der Waals surface area contributed by atoms with Gasteiger partial charge in [0, 0.05) is 54.8 Å². The maximum absolute atomic E-state index is 14.2. The van der Waals surface area contributed by atoms with Gasteiger partial charge in [-0.2, -0.15) is 0 Å². The highest BCUT2D eigenvalue weighted by Crippen LogP contribution is 2.31. The van der Waals surface area contributed by atoms with Crippen molar-refractivity contribution >= 4 is 40.6 Å². The minimum Gasteiger partial charge on any atom is -0.353 e. The summed E-state index contributed by atoms with van der Waals surface area (Å²) in [5.41, 5.74) is 1.33. The van der Waals surface area contributed by atoms with Gasteiger partial charge in [0.15, 0.2) is 0 Å². The molecule has 2 aliphatic rings. The van der Waals surface area contributed by atoms with Crippen LogP contribution in [0.1, 0.15) is 45.6 Å². The summed E-state index contributed by atoms with van der Waals surface area (Å²) in [4.78, 5) is 23.8. The van der Waals surface area contributed by atoms with E-state index < -0.39 is 0 Å². The molecule has 0 aliphatic carbocycles. The Morgan fingerprint density at radius 1 is 1.17 bits per heavy atom. The van der Waals surface area contributed by atoms with Gasteiger partial charge in [-0.15, -0.1) is 0 Å². The number of likely N-dealkylation sites (tertiary alicyclic amines) is 1. The van der Waals surface area contributed by atoms with E-state index in [9.17, 15) is 9.18 Å². The fourth-order valence-electron chi connectivity index (χ4n) is 5.22. The van der Waals surface area contributed by atoms with Gasteiger partial charge in [0.2, 0.25) is 5.91 Å². The molecule has 1 amide bonds. The van der Waals surface area contributed by atoms with Gasteiger partial charge in [-0.3, -0.25) is 14.6 Å². The van der Waals surface area contributed by atoms with Gasteiger partial charge < -0.3 is 10.2 Å². The van der Waals surface area contributed by atoms with Crippen LogP contribution in [0.25, 0.3) is 0 Å². The normalized spacial score (nSPS) is 20.2. The van der Waals surface area contributed by atoms with Crippen LogP contribution >= 0.6 is 23.2 Å². The first kappa shape index (κ1) is 27.1. The van der Waals surface area contributed by atoms with Crippen LogP contribution in [-0.2, 0) is 11.3 Å². The van der Waals surface area contributed by atoms with Crippen LogP contribution in [0.3, 0.4) is 0 Å². The SMILES string of the molecule is CCC1CN(c2ncc(NC(=O)C(C)C)cc2Cl)CCN1C1CCN(Cc2ccc(Cl)cc2F)CC1. The van der Waals surface area contributed by atoms with E-state index in [0.29, 0.717) is 39.9 Å². The van der Waals surface area contributed by atoms with Gasteiger partial charge in [-0.25, -0.2) is 9.37 Å². The molecule has 2 fully saturated rings. The highest BCUT2D eigenvalue weighted by molar-refractivity contribution is 6.33. The van der Waals surface area contributed by atoms with Crippen LogP contribution in [0.5, 0.6) is 0 Å². The number of benzene rings is 1. The summed E-state index contributed by atoms with van der Waals surface area (Å²) < 4.78 is 14.2. The molecule has 6 nitrogen and oxygen atoms in total. The second-order valence-electron chi connectivity index (χ2n) is 10.2. The number of hydrogen-bond donors (Lipinski definition) is 1. The highest BCUT2D eigenvalue weighted by Gasteiger charge is 2.34. The number of nitrogens with one attached hydrogen (secondary N) is 1. The van der Waals surface area contributed by atoms with Gasteiger partial charge in [-0.1, -0.05) is 50.0 Å². The molecule has 196 valence electrons. The summed E-state index contributed by atoms with van der Waals surface area (Å²) in [6, 6.07) is 7.68. The Morgan fingerprint density at radius 3 is 2.56 bits per heavy atom. The van der Waals surface area contributed by atoms with Crippen molar-refractivity contribution < 1.29 is 9.18 Å². The Labute approximate surface area is 223 Å². The molecule has 0 bridgehead atoms. The quantitative estimate of drug-likeness (QED) is 0.493. The summed E-state index contributed by atoms with van der Waals surface area (Å²) in [6.45, 7) is 11.2. The minimum absolute atomic E-state index is 0.0513. The smallest absolute Gasteiger partial charge is 0.226 e. The standard InChI is InChI=1S/C27H36Cl2FN5O/c1-4-22-17-34(26-24(29)14-21(15-31-26)32-27(36)18(2)3)11-12-35(22)23-7-9-33(10-8-23)16-19-5-6-20(28)13-25(19)30/h5-6,13-15,18,22-23H,4,7-12,16-17H2,1-3H3,(H,32,36). The molecule has 2 saturated heterocycles. The first-order chi connectivity index (χ1) is 17.2. The summed E-state index contributed by atoms with van der Waals surface area (Å²) >= 11 is 12.5. The number of aromatic nitrogens is 1. The average molecular weight is 537 g/mol. The Hall–Kier alpha value is -1.93. The zero-order valence-corrected chi connectivity index (χ0v) is 22.8. The van der Waals surface area contributed by atoms with Crippen molar-refractivity contribution in [2.45, 2.75) is 58.7 Å². The number of hydrogen-bond acceptors (Lipinski definition) is 5. The van der Waals surface area contributed by atoms with E-state index in [1.165, 1.54) is 6.07 Å². The van der Waals surface area contributed by atoms with E-state index in [4.69, 9.17) is 23.2 Å². The lowest BCUT2D eigenvalue weighted by Gasteiger charge is -2.47. The van der Waals surface area contributed by atoms with E-state index in [0.717, 1.165) is 57.8 Å². The molecular formula is C27H36Cl2FN5O. The second-order valence-corrected chi connectivity index (χ2v) is 11.0. The lowest BCUT2D eigenvalue weighted by Crippen LogP contribution is -2.58. The van der Waals surface area contributed by atoms with Gasteiger partial charge in [-0.05, 0) is 50.6 Å². The number of anilines is 2. The lowest BCUT2D eigenvalue weighted by atomic mass is 9.97. The summed E-state index contributed by atoms with van der Waals surface area (Å²) in [5, 5.41) is 3.86. The first-order valence-electron chi connectivity index (χ1n) is 12.9. The third-order valence-corrected chi connectivity index (χ3v) is 7.86. The van der Waals surface area contributed by atoms with Crippen LogP contribution in [0, 0.1) is 11.7 Å². The second kappa shape index (κ2) is 12.1. The van der Waals surface area contributed by atoms with Crippen molar-refractivity contribution in [1.82, 2.24) is 14.8 Å². The van der Waals surface area contributed by atoms with E-state index in [1.54, 1.807) is 24.4 Å². The van der Waals surface area contributed by atoms with E-state index in [1.807, 2.05) is 13.8 Å². The van der Waals surface area contributed by atoms with Gasteiger partial charge in [0.25, 0.3) is 0 Å². The number of halogens is 3. The highest BCUT2D eigenvalue weighted by atomic mass is 35.5. The Balaban J connectivity index is 1.33. The van der Waals surface area contributed by atoms with Crippen LogP contribution in [0.4, 0.5) is 15.9 Å². The zero-order valence-electron chi connectivity index (χ0n) is 21.3. The monoisotopic (exact) mass is 535 g/mol. The molecular weight excluding hydrogens is 500 g/mol. The fraction of sp³-hybridized carbons (Fsp3) is 0.556. The molecule has 0 saturated carbocycles. The molecule has 1 atom stereocenters. The summed E-state index contributed by atoms with van der Waals surface area (Å²) in [5.74, 6) is 0.392. The van der Waals surface area contributed by atoms with Crippen molar-refractivity contribution in [3.05, 3.63) is 51.9 Å². The van der Waals surface area contributed by atoms with Crippen molar-refractivity contribution in [2.75, 3.05) is 42.9 Å². The molecule has 4 rings (SSSR count). The number of piperidine rings is 1. The first-order valence-corrected chi connectivity index (χ1v) is 13.6. The van der Waals surface area contributed by atoms with Crippen molar-refractivity contribution in [3.8, 4) is 0 Å². The summed E-state index contributed by atoms with van der Waals surface area (Å²) in [7, 11) is 0. The molecule has 0 spiro atoms. The van der Waals surface area contributed by atoms with Crippen molar-refractivity contribution in [1.29, 1.82) is 0 Å². The number of pyridine rings is 1. The third-order valence-electron chi connectivity index (χ3n) is 7.35. The molecule has 1 N–H and O–H groups in total. The predicted molar refractivity (Wildman–Crippen MR) is 145 cm³/mol. The topological polar surface area (TPSA) is 51.7 Å². The molecule has 1 unspecified atom stereocenters. The molecule has 1 aromatic carbocycles.